The first-order valence-corrected chi connectivity index (χ1v) is 6.63. The van der Waals surface area contributed by atoms with E-state index in [1.807, 2.05) is 25.2 Å². The fourth-order valence-corrected chi connectivity index (χ4v) is 2.57. The first-order valence-electron chi connectivity index (χ1n) is 6.63. The van der Waals surface area contributed by atoms with Gasteiger partial charge in [-0.1, -0.05) is 6.07 Å². The summed E-state index contributed by atoms with van der Waals surface area (Å²) in [6.07, 6.45) is 4.79. The number of carbonyl (C=O) groups is 1. The topological polar surface area (TPSA) is 53.4 Å². The predicted octanol–water partition coefficient (Wildman–Crippen LogP) is 2.15. The lowest BCUT2D eigenvalue weighted by Gasteiger charge is -2.26. The first kappa shape index (κ1) is 12.8. The second-order valence-electron chi connectivity index (χ2n) is 5.04. The summed E-state index contributed by atoms with van der Waals surface area (Å²) >= 11 is 0. The molecule has 0 bridgehead atoms. The zero-order valence-electron chi connectivity index (χ0n) is 11.3. The van der Waals surface area contributed by atoms with E-state index in [4.69, 9.17) is 0 Å². The lowest BCUT2D eigenvalue weighted by Crippen LogP contribution is -2.30. The number of aromatic nitrogens is 1. The first-order chi connectivity index (χ1) is 9.69. The Hall–Kier alpha value is -2.20. The highest BCUT2D eigenvalue weighted by Gasteiger charge is 2.20. The molecule has 2 heterocycles. The van der Waals surface area contributed by atoms with Gasteiger partial charge in [0.05, 0.1) is 6.61 Å². The molecule has 0 aliphatic carbocycles. The van der Waals surface area contributed by atoms with Crippen molar-refractivity contribution in [3.05, 3.63) is 47.8 Å². The molecule has 4 heteroatoms. The number of pyridine rings is 1. The Kier molecular flexibility index (Phi) is 3.24. The maximum atomic E-state index is 11.7. The van der Waals surface area contributed by atoms with Gasteiger partial charge in [0, 0.05) is 37.1 Å². The van der Waals surface area contributed by atoms with E-state index in [2.05, 4.69) is 11.1 Å². The third kappa shape index (κ3) is 2.18. The van der Waals surface area contributed by atoms with Gasteiger partial charge in [-0.2, -0.15) is 0 Å². The summed E-state index contributed by atoms with van der Waals surface area (Å²) in [5.41, 5.74) is 5.01. The Balaban J connectivity index is 2.02. The zero-order valence-corrected chi connectivity index (χ0v) is 11.3. The minimum Gasteiger partial charge on any atom is -0.392 e. The number of hydrogen-bond acceptors (Lipinski definition) is 3. The van der Waals surface area contributed by atoms with Crippen LogP contribution in [0.3, 0.4) is 0 Å². The highest BCUT2D eigenvalue weighted by atomic mass is 16.3. The zero-order chi connectivity index (χ0) is 14.1. The van der Waals surface area contributed by atoms with Crippen LogP contribution in [0, 0.1) is 0 Å². The molecular formula is C16H16N2O2. The molecule has 4 nitrogen and oxygen atoms in total. The Morgan fingerprint density at radius 2 is 2.05 bits per heavy atom. The fraction of sp³-hybridized carbons (Fsp3) is 0.250. The summed E-state index contributed by atoms with van der Waals surface area (Å²) in [4.78, 5) is 17.5. The number of fused-ring (bicyclic) bond motifs is 1. The fourth-order valence-electron chi connectivity index (χ4n) is 2.57. The third-order valence-electron chi connectivity index (χ3n) is 3.73. The van der Waals surface area contributed by atoms with Crippen LogP contribution < -0.4 is 4.90 Å². The molecule has 1 aromatic carbocycles. The highest BCUT2D eigenvalue weighted by Crippen LogP contribution is 2.31. The molecule has 20 heavy (non-hydrogen) atoms. The average Bonchev–Trinajstić information content (AvgIpc) is 2.51. The summed E-state index contributed by atoms with van der Waals surface area (Å²) < 4.78 is 0. The normalized spacial score (nSPS) is 14.3. The summed E-state index contributed by atoms with van der Waals surface area (Å²) in [6, 6.07) is 8.02. The summed E-state index contributed by atoms with van der Waals surface area (Å²) in [7, 11) is 1.81. The van der Waals surface area contributed by atoms with Gasteiger partial charge in [-0.15, -0.1) is 0 Å². The predicted molar refractivity (Wildman–Crippen MR) is 77.3 cm³/mol. The van der Waals surface area contributed by atoms with Crippen LogP contribution in [0.2, 0.25) is 0 Å². The van der Waals surface area contributed by atoms with E-state index in [0.717, 1.165) is 28.8 Å². The molecule has 102 valence electrons. The van der Waals surface area contributed by atoms with Crippen molar-refractivity contribution >= 4 is 11.6 Å². The molecule has 0 saturated heterocycles. The van der Waals surface area contributed by atoms with Crippen molar-refractivity contribution in [2.24, 2.45) is 0 Å². The van der Waals surface area contributed by atoms with Crippen molar-refractivity contribution in [3.63, 3.8) is 0 Å². The Bertz CT molecular complexity index is 667. The minimum absolute atomic E-state index is 0.0109. The van der Waals surface area contributed by atoms with Crippen LogP contribution in [0.4, 0.5) is 5.69 Å². The van der Waals surface area contributed by atoms with Crippen LogP contribution in [0.1, 0.15) is 17.5 Å². The molecule has 2 aromatic rings. The Morgan fingerprint density at radius 3 is 2.85 bits per heavy atom. The highest BCUT2D eigenvalue weighted by molar-refractivity contribution is 5.96. The number of aryl methyl sites for hydroxylation is 1. The third-order valence-corrected chi connectivity index (χ3v) is 3.73. The molecule has 0 radical (unpaired) electrons. The molecule has 1 aliphatic rings. The monoisotopic (exact) mass is 268 g/mol. The second-order valence-corrected chi connectivity index (χ2v) is 5.04. The number of aliphatic hydroxyl groups is 1. The van der Waals surface area contributed by atoms with Crippen LogP contribution in [0.25, 0.3) is 11.1 Å². The smallest absolute Gasteiger partial charge is 0.227 e. The van der Waals surface area contributed by atoms with Gasteiger partial charge in [0.15, 0.2) is 0 Å². The van der Waals surface area contributed by atoms with E-state index in [0.29, 0.717) is 6.42 Å². The van der Waals surface area contributed by atoms with Gasteiger partial charge >= 0.3 is 0 Å². The van der Waals surface area contributed by atoms with E-state index in [9.17, 15) is 9.90 Å². The van der Waals surface area contributed by atoms with Crippen LogP contribution >= 0.6 is 0 Å². The standard InChI is InChI=1S/C16H16N2O2/c1-18-15-4-2-12(7-13(15)3-5-16(18)20)14-6-11(10-19)8-17-9-14/h2,4,6-9,19H,3,5,10H2,1H3. The number of carbonyl (C=O) groups excluding carboxylic acids is 1. The quantitative estimate of drug-likeness (QED) is 0.908. The van der Waals surface area contributed by atoms with Crippen molar-refractivity contribution in [1.29, 1.82) is 0 Å². The number of benzene rings is 1. The van der Waals surface area contributed by atoms with Crippen molar-refractivity contribution in [3.8, 4) is 11.1 Å². The van der Waals surface area contributed by atoms with E-state index in [-0.39, 0.29) is 12.5 Å². The molecule has 0 atom stereocenters. The molecule has 1 aromatic heterocycles. The SMILES string of the molecule is CN1C(=O)CCc2cc(-c3cncc(CO)c3)ccc21. The molecule has 0 saturated carbocycles. The largest absolute Gasteiger partial charge is 0.392 e. The lowest BCUT2D eigenvalue weighted by atomic mass is 9.96. The van der Waals surface area contributed by atoms with E-state index in [1.54, 1.807) is 17.3 Å². The molecule has 0 unspecified atom stereocenters. The lowest BCUT2D eigenvalue weighted by molar-refractivity contribution is -0.118. The second kappa shape index (κ2) is 5.06. The number of hydrogen-bond donors (Lipinski definition) is 1. The van der Waals surface area contributed by atoms with Gasteiger partial charge in [0.2, 0.25) is 5.91 Å². The Morgan fingerprint density at radius 1 is 1.20 bits per heavy atom. The van der Waals surface area contributed by atoms with Crippen LogP contribution in [-0.4, -0.2) is 23.0 Å². The molecule has 0 spiro atoms. The Labute approximate surface area is 117 Å². The van der Waals surface area contributed by atoms with Crippen LogP contribution in [0.15, 0.2) is 36.7 Å². The number of anilines is 1. The van der Waals surface area contributed by atoms with Gasteiger partial charge in [-0.25, -0.2) is 0 Å². The molecule has 3 rings (SSSR count). The van der Waals surface area contributed by atoms with Crippen molar-refractivity contribution in [1.82, 2.24) is 4.98 Å². The number of rotatable bonds is 2. The van der Waals surface area contributed by atoms with Crippen LogP contribution in [0.5, 0.6) is 0 Å². The summed E-state index contributed by atoms with van der Waals surface area (Å²) in [6.45, 7) is -0.0109. The summed E-state index contributed by atoms with van der Waals surface area (Å²) in [5, 5.41) is 9.18. The maximum Gasteiger partial charge on any atom is 0.227 e. The molecular weight excluding hydrogens is 252 g/mol. The number of amides is 1. The number of nitrogens with zero attached hydrogens (tertiary/aromatic N) is 2. The minimum atomic E-state index is -0.0109. The van der Waals surface area contributed by atoms with Crippen molar-refractivity contribution in [2.75, 3.05) is 11.9 Å². The molecule has 1 N–H and O–H groups in total. The maximum absolute atomic E-state index is 11.7. The van der Waals surface area contributed by atoms with Crippen molar-refractivity contribution < 1.29 is 9.90 Å². The van der Waals surface area contributed by atoms with Gasteiger partial charge in [0.1, 0.15) is 0 Å². The molecule has 1 amide bonds. The van der Waals surface area contributed by atoms with Gasteiger partial charge in [-0.3, -0.25) is 9.78 Å². The van der Waals surface area contributed by atoms with E-state index < -0.39 is 0 Å². The van der Waals surface area contributed by atoms with Gasteiger partial charge in [-0.05, 0) is 41.3 Å². The van der Waals surface area contributed by atoms with E-state index in [1.165, 1.54) is 5.56 Å². The van der Waals surface area contributed by atoms with Gasteiger partial charge < -0.3 is 10.0 Å². The average molecular weight is 268 g/mol. The molecule has 0 fully saturated rings. The summed E-state index contributed by atoms with van der Waals surface area (Å²) in [5.74, 6) is 0.161. The van der Waals surface area contributed by atoms with Crippen molar-refractivity contribution in [2.45, 2.75) is 19.4 Å². The van der Waals surface area contributed by atoms with Crippen LogP contribution in [-0.2, 0) is 17.8 Å². The molecule has 1 aliphatic heterocycles. The number of aliphatic hydroxyl groups excluding tert-OH is 1. The van der Waals surface area contributed by atoms with Gasteiger partial charge in [0.25, 0.3) is 0 Å². The van der Waals surface area contributed by atoms with E-state index >= 15 is 0 Å².